The van der Waals surface area contributed by atoms with Crippen LogP contribution in [0.2, 0.25) is 5.02 Å². The first-order chi connectivity index (χ1) is 10.6. The number of hydrogen-bond acceptors (Lipinski definition) is 3. The number of piperidine rings is 1. The highest BCUT2D eigenvalue weighted by molar-refractivity contribution is 6.30. The van der Waals surface area contributed by atoms with Gasteiger partial charge >= 0.3 is 0 Å². The quantitative estimate of drug-likeness (QED) is 0.913. The van der Waals surface area contributed by atoms with Crippen LogP contribution in [0.5, 0.6) is 0 Å². The van der Waals surface area contributed by atoms with Crippen molar-refractivity contribution in [2.45, 2.75) is 25.8 Å². The van der Waals surface area contributed by atoms with Gasteiger partial charge in [0.25, 0.3) is 5.91 Å². The van der Waals surface area contributed by atoms with Gasteiger partial charge in [-0.25, -0.2) is 4.68 Å². The van der Waals surface area contributed by atoms with Crippen molar-refractivity contribution in [1.29, 1.82) is 0 Å². The molecule has 1 atom stereocenters. The zero-order chi connectivity index (χ0) is 15.5. The van der Waals surface area contributed by atoms with E-state index in [1.807, 2.05) is 19.1 Å². The molecule has 6 heteroatoms. The Labute approximate surface area is 134 Å². The topological polar surface area (TPSA) is 59.0 Å². The minimum Gasteiger partial charge on any atom is -0.348 e. The van der Waals surface area contributed by atoms with Crippen LogP contribution >= 0.6 is 11.6 Å². The van der Waals surface area contributed by atoms with Gasteiger partial charge in [0.1, 0.15) is 0 Å². The SMILES string of the molecule is Cc1nn(-c2ccc(Cl)cc2)cc1C(=O)NC1CCCNC1. The molecule has 1 aliphatic rings. The van der Waals surface area contributed by atoms with Gasteiger partial charge in [0.2, 0.25) is 0 Å². The first-order valence-electron chi connectivity index (χ1n) is 7.47. The first-order valence-corrected chi connectivity index (χ1v) is 7.85. The second-order valence-corrected chi connectivity index (χ2v) is 6.00. The zero-order valence-electron chi connectivity index (χ0n) is 12.5. The molecule has 2 heterocycles. The molecule has 1 amide bonds. The number of halogens is 1. The fourth-order valence-electron chi connectivity index (χ4n) is 2.65. The summed E-state index contributed by atoms with van der Waals surface area (Å²) in [5.74, 6) is -0.0635. The molecule has 2 N–H and O–H groups in total. The van der Waals surface area contributed by atoms with Crippen LogP contribution < -0.4 is 10.6 Å². The summed E-state index contributed by atoms with van der Waals surface area (Å²) in [6, 6.07) is 7.56. The van der Waals surface area contributed by atoms with Crippen molar-refractivity contribution in [2.75, 3.05) is 13.1 Å². The maximum atomic E-state index is 12.4. The van der Waals surface area contributed by atoms with Crippen molar-refractivity contribution in [3.63, 3.8) is 0 Å². The molecule has 2 aromatic rings. The second kappa shape index (κ2) is 6.50. The minimum atomic E-state index is -0.0635. The number of carbonyl (C=O) groups is 1. The van der Waals surface area contributed by atoms with Crippen LogP contribution in [-0.4, -0.2) is 34.8 Å². The Bertz CT molecular complexity index is 659. The lowest BCUT2D eigenvalue weighted by atomic mass is 10.1. The van der Waals surface area contributed by atoms with E-state index in [4.69, 9.17) is 11.6 Å². The van der Waals surface area contributed by atoms with Crippen molar-refractivity contribution in [3.05, 3.63) is 46.7 Å². The molecule has 3 rings (SSSR count). The zero-order valence-corrected chi connectivity index (χ0v) is 13.2. The molecular formula is C16H19ClN4O. The highest BCUT2D eigenvalue weighted by atomic mass is 35.5. The molecule has 116 valence electrons. The average molecular weight is 319 g/mol. The van der Waals surface area contributed by atoms with Crippen molar-refractivity contribution in [3.8, 4) is 5.69 Å². The largest absolute Gasteiger partial charge is 0.348 e. The van der Waals surface area contributed by atoms with E-state index in [2.05, 4.69) is 15.7 Å². The normalized spacial score (nSPS) is 18.2. The molecule has 0 saturated carbocycles. The van der Waals surface area contributed by atoms with Gasteiger partial charge in [0.15, 0.2) is 0 Å². The van der Waals surface area contributed by atoms with Crippen molar-refractivity contribution >= 4 is 17.5 Å². The summed E-state index contributed by atoms with van der Waals surface area (Å²) in [6.07, 6.45) is 3.88. The van der Waals surface area contributed by atoms with Gasteiger partial charge in [-0.3, -0.25) is 4.79 Å². The highest BCUT2D eigenvalue weighted by Gasteiger charge is 2.19. The van der Waals surface area contributed by atoms with E-state index in [1.165, 1.54) is 0 Å². The van der Waals surface area contributed by atoms with E-state index in [9.17, 15) is 4.79 Å². The summed E-state index contributed by atoms with van der Waals surface area (Å²) in [5.41, 5.74) is 2.21. The Morgan fingerprint density at radius 1 is 1.41 bits per heavy atom. The smallest absolute Gasteiger partial charge is 0.255 e. The van der Waals surface area contributed by atoms with E-state index in [0.29, 0.717) is 10.6 Å². The number of nitrogens with zero attached hydrogens (tertiary/aromatic N) is 2. The molecular weight excluding hydrogens is 300 g/mol. The molecule has 0 spiro atoms. The molecule has 1 aliphatic heterocycles. The van der Waals surface area contributed by atoms with Crippen LogP contribution in [0.3, 0.4) is 0 Å². The summed E-state index contributed by atoms with van der Waals surface area (Å²) in [6.45, 7) is 3.70. The number of aromatic nitrogens is 2. The van der Waals surface area contributed by atoms with E-state index >= 15 is 0 Å². The van der Waals surface area contributed by atoms with E-state index in [0.717, 1.165) is 37.3 Å². The van der Waals surface area contributed by atoms with Crippen molar-refractivity contribution in [1.82, 2.24) is 20.4 Å². The van der Waals surface area contributed by atoms with Gasteiger partial charge < -0.3 is 10.6 Å². The third kappa shape index (κ3) is 3.31. The number of amides is 1. The predicted molar refractivity (Wildman–Crippen MR) is 86.7 cm³/mol. The number of rotatable bonds is 3. The van der Waals surface area contributed by atoms with Gasteiger partial charge in [0.05, 0.1) is 16.9 Å². The molecule has 0 radical (unpaired) electrons. The Morgan fingerprint density at radius 3 is 2.86 bits per heavy atom. The van der Waals surface area contributed by atoms with Gasteiger partial charge in [-0.1, -0.05) is 11.6 Å². The number of hydrogen-bond donors (Lipinski definition) is 2. The summed E-state index contributed by atoms with van der Waals surface area (Å²) in [4.78, 5) is 12.4. The monoisotopic (exact) mass is 318 g/mol. The van der Waals surface area contributed by atoms with Crippen molar-refractivity contribution in [2.24, 2.45) is 0 Å². The summed E-state index contributed by atoms with van der Waals surface area (Å²) < 4.78 is 1.71. The average Bonchev–Trinajstić information content (AvgIpc) is 2.91. The lowest BCUT2D eigenvalue weighted by Crippen LogP contribution is -2.45. The standard InChI is InChI=1S/C16H19ClN4O/c1-11-15(16(22)19-13-3-2-8-18-9-13)10-21(20-11)14-6-4-12(17)5-7-14/h4-7,10,13,18H,2-3,8-9H2,1H3,(H,19,22). The Balaban J connectivity index is 1.76. The fourth-order valence-corrected chi connectivity index (χ4v) is 2.77. The third-order valence-electron chi connectivity index (χ3n) is 3.87. The van der Waals surface area contributed by atoms with E-state index < -0.39 is 0 Å². The van der Waals surface area contributed by atoms with Crippen LogP contribution in [0.25, 0.3) is 5.69 Å². The molecule has 0 bridgehead atoms. The Morgan fingerprint density at radius 2 is 2.18 bits per heavy atom. The van der Waals surface area contributed by atoms with Gasteiger partial charge in [0, 0.05) is 23.8 Å². The highest BCUT2D eigenvalue weighted by Crippen LogP contribution is 2.15. The summed E-state index contributed by atoms with van der Waals surface area (Å²) >= 11 is 5.89. The maximum Gasteiger partial charge on any atom is 0.255 e. The third-order valence-corrected chi connectivity index (χ3v) is 4.12. The molecule has 1 saturated heterocycles. The van der Waals surface area contributed by atoms with Crippen molar-refractivity contribution < 1.29 is 4.79 Å². The number of carbonyl (C=O) groups excluding carboxylic acids is 1. The Kier molecular flexibility index (Phi) is 4.45. The van der Waals surface area contributed by atoms with E-state index in [1.54, 1.807) is 23.0 Å². The summed E-state index contributed by atoms with van der Waals surface area (Å²) in [5, 5.41) is 11.5. The lowest BCUT2D eigenvalue weighted by Gasteiger charge is -2.23. The van der Waals surface area contributed by atoms with Gasteiger partial charge in [-0.15, -0.1) is 0 Å². The van der Waals surface area contributed by atoms with Gasteiger partial charge in [-0.2, -0.15) is 5.10 Å². The Hall–Kier alpha value is -1.85. The van der Waals surface area contributed by atoms with Crippen LogP contribution in [0.4, 0.5) is 0 Å². The van der Waals surface area contributed by atoms with E-state index in [-0.39, 0.29) is 11.9 Å². The molecule has 1 aromatic carbocycles. The molecule has 1 aromatic heterocycles. The first kappa shape index (κ1) is 15.1. The van der Waals surface area contributed by atoms with Gasteiger partial charge in [-0.05, 0) is 50.6 Å². The second-order valence-electron chi connectivity index (χ2n) is 5.57. The minimum absolute atomic E-state index is 0.0635. The number of nitrogens with one attached hydrogen (secondary N) is 2. The predicted octanol–water partition coefficient (Wildman–Crippen LogP) is 2.32. The number of aryl methyl sites for hydroxylation is 1. The number of benzene rings is 1. The molecule has 1 fully saturated rings. The maximum absolute atomic E-state index is 12.4. The molecule has 1 unspecified atom stereocenters. The fraction of sp³-hybridized carbons (Fsp3) is 0.375. The van der Waals surface area contributed by atoms with Crippen LogP contribution in [-0.2, 0) is 0 Å². The molecule has 0 aliphatic carbocycles. The van der Waals surface area contributed by atoms with Crippen LogP contribution in [0.15, 0.2) is 30.5 Å². The van der Waals surface area contributed by atoms with Crippen LogP contribution in [0.1, 0.15) is 28.9 Å². The molecule has 5 nitrogen and oxygen atoms in total. The van der Waals surface area contributed by atoms with Crippen LogP contribution in [0, 0.1) is 6.92 Å². The molecule has 22 heavy (non-hydrogen) atoms. The lowest BCUT2D eigenvalue weighted by molar-refractivity contribution is 0.0930. The summed E-state index contributed by atoms with van der Waals surface area (Å²) in [7, 11) is 0.